The quantitative estimate of drug-likeness (QED) is 0.570. The van der Waals surface area contributed by atoms with Crippen molar-refractivity contribution >= 4 is 34.4 Å². The maximum atomic E-state index is 12.8. The highest BCUT2D eigenvalue weighted by Crippen LogP contribution is 2.23. The fourth-order valence-electron chi connectivity index (χ4n) is 4.09. The van der Waals surface area contributed by atoms with E-state index in [1.807, 2.05) is 63.4 Å². The van der Waals surface area contributed by atoms with Gasteiger partial charge in [-0.3, -0.25) is 14.5 Å². The van der Waals surface area contributed by atoms with Crippen molar-refractivity contribution in [1.29, 1.82) is 0 Å². The Balaban J connectivity index is 1.45. The molecular weight excluding hydrogens is 380 g/mol. The van der Waals surface area contributed by atoms with Gasteiger partial charge in [0.2, 0.25) is 5.91 Å². The summed E-state index contributed by atoms with van der Waals surface area (Å²) in [6.45, 7) is 5.51. The Morgan fingerprint density at radius 3 is 2.53 bits per heavy atom. The van der Waals surface area contributed by atoms with Crippen LogP contribution in [0.15, 0.2) is 42.6 Å². The Hall–Kier alpha value is -3.61. The van der Waals surface area contributed by atoms with E-state index in [1.54, 1.807) is 0 Å². The predicted molar refractivity (Wildman–Crippen MR) is 115 cm³/mol. The Morgan fingerprint density at radius 2 is 1.80 bits per heavy atom. The number of aromatic amines is 1. The zero-order chi connectivity index (χ0) is 21.4. The molecule has 1 aromatic heterocycles. The van der Waals surface area contributed by atoms with Gasteiger partial charge in [-0.15, -0.1) is 0 Å². The highest BCUT2D eigenvalue weighted by atomic mass is 16.2. The molecule has 1 saturated heterocycles. The molecular formula is C23H24N4O3. The molecule has 0 aliphatic carbocycles. The van der Waals surface area contributed by atoms with E-state index in [9.17, 15) is 14.4 Å². The molecule has 1 fully saturated rings. The van der Waals surface area contributed by atoms with Crippen molar-refractivity contribution < 1.29 is 14.4 Å². The number of fused-ring (bicyclic) bond motifs is 1. The lowest BCUT2D eigenvalue weighted by Gasteiger charge is -2.16. The Morgan fingerprint density at radius 1 is 1.10 bits per heavy atom. The van der Waals surface area contributed by atoms with Crippen molar-refractivity contribution in [2.75, 3.05) is 11.9 Å². The summed E-state index contributed by atoms with van der Waals surface area (Å²) in [6, 6.07) is 10.5. The minimum atomic E-state index is -0.688. The van der Waals surface area contributed by atoms with Crippen LogP contribution in [-0.4, -0.2) is 40.3 Å². The molecule has 3 N–H and O–H groups in total. The molecule has 0 saturated carbocycles. The van der Waals surface area contributed by atoms with E-state index in [4.69, 9.17) is 0 Å². The van der Waals surface area contributed by atoms with E-state index in [-0.39, 0.29) is 6.54 Å². The van der Waals surface area contributed by atoms with E-state index < -0.39 is 23.9 Å². The number of amides is 4. The first kappa shape index (κ1) is 19.7. The number of aromatic nitrogens is 1. The fourth-order valence-corrected chi connectivity index (χ4v) is 4.09. The number of hydrogen-bond donors (Lipinski definition) is 3. The minimum Gasteiger partial charge on any atom is -0.361 e. The summed E-state index contributed by atoms with van der Waals surface area (Å²) in [7, 11) is 0. The van der Waals surface area contributed by atoms with Crippen LogP contribution in [0, 0.1) is 20.8 Å². The van der Waals surface area contributed by atoms with Crippen molar-refractivity contribution in [3.8, 4) is 0 Å². The summed E-state index contributed by atoms with van der Waals surface area (Å²) in [4.78, 5) is 41.9. The van der Waals surface area contributed by atoms with E-state index in [1.165, 1.54) is 0 Å². The summed E-state index contributed by atoms with van der Waals surface area (Å²) in [5, 5.41) is 6.56. The van der Waals surface area contributed by atoms with Crippen molar-refractivity contribution in [3.63, 3.8) is 0 Å². The maximum Gasteiger partial charge on any atom is 0.325 e. The lowest BCUT2D eigenvalue weighted by Crippen LogP contribution is -2.38. The number of benzene rings is 2. The average molecular weight is 404 g/mol. The van der Waals surface area contributed by atoms with Crippen molar-refractivity contribution in [2.24, 2.45) is 0 Å². The molecule has 1 aliphatic heterocycles. The zero-order valence-corrected chi connectivity index (χ0v) is 17.2. The van der Waals surface area contributed by atoms with Gasteiger partial charge in [0.05, 0.1) is 0 Å². The number of para-hydroxylation sites is 1. The number of anilines is 1. The molecule has 3 aromatic rings. The SMILES string of the molecule is Cc1cc(C)c(NC(=O)CN2C(=O)N[C@@H](Cc3c[nH]c4ccccc34)C2=O)c(C)c1. The highest BCUT2D eigenvalue weighted by molar-refractivity contribution is 6.08. The number of carbonyl (C=O) groups excluding carboxylic acids is 3. The second-order valence-corrected chi connectivity index (χ2v) is 7.81. The van der Waals surface area contributed by atoms with Crippen LogP contribution in [-0.2, 0) is 16.0 Å². The smallest absolute Gasteiger partial charge is 0.325 e. The van der Waals surface area contributed by atoms with Gasteiger partial charge in [0.15, 0.2) is 0 Å². The standard InChI is InChI=1S/C23H24N4O3/c1-13-8-14(2)21(15(3)9-13)26-20(28)12-27-22(29)19(25-23(27)30)10-16-11-24-18-7-5-4-6-17(16)18/h4-9,11,19,24H,10,12H2,1-3H3,(H,25,30)(H,26,28)/t19-/m0/s1. The monoisotopic (exact) mass is 404 g/mol. The van der Waals surface area contributed by atoms with Crippen LogP contribution in [0.1, 0.15) is 22.3 Å². The number of H-pyrrole nitrogens is 1. The van der Waals surface area contributed by atoms with Gasteiger partial charge in [0.1, 0.15) is 12.6 Å². The molecule has 2 aromatic carbocycles. The number of hydrogen-bond acceptors (Lipinski definition) is 3. The Labute approximate surface area is 174 Å². The molecule has 1 atom stereocenters. The molecule has 2 heterocycles. The number of carbonyl (C=O) groups is 3. The molecule has 0 radical (unpaired) electrons. The maximum absolute atomic E-state index is 12.8. The Bertz CT molecular complexity index is 1140. The summed E-state index contributed by atoms with van der Waals surface area (Å²) in [5.41, 5.74) is 5.63. The van der Waals surface area contributed by atoms with Crippen LogP contribution in [0.4, 0.5) is 10.5 Å². The van der Waals surface area contributed by atoms with Gasteiger partial charge in [-0.1, -0.05) is 35.9 Å². The summed E-state index contributed by atoms with van der Waals surface area (Å²) < 4.78 is 0. The molecule has 0 unspecified atom stereocenters. The molecule has 154 valence electrons. The zero-order valence-electron chi connectivity index (χ0n) is 17.2. The topological polar surface area (TPSA) is 94.3 Å². The van der Waals surface area contributed by atoms with Gasteiger partial charge in [0, 0.05) is 29.2 Å². The van der Waals surface area contributed by atoms with Crippen molar-refractivity contribution in [2.45, 2.75) is 33.2 Å². The third-order valence-electron chi connectivity index (χ3n) is 5.45. The first-order valence-electron chi connectivity index (χ1n) is 9.88. The third-order valence-corrected chi connectivity index (χ3v) is 5.45. The molecule has 0 spiro atoms. The third kappa shape index (κ3) is 3.66. The van der Waals surface area contributed by atoms with Crippen LogP contribution in [0.3, 0.4) is 0 Å². The normalized spacial score (nSPS) is 16.2. The van der Waals surface area contributed by atoms with E-state index in [2.05, 4.69) is 15.6 Å². The number of nitrogens with zero attached hydrogens (tertiary/aromatic N) is 1. The van der Waals surface area contributed by atoms with Crippen molar-refractivity contribution in [1.82, 2.24) is 15.2 Å². The van der Waals surface area contributed by atoms with Gasteiger partial charge in [-0.2, -0.15) is 0 Å². The van der Waals surface area contributed by atoms with E-state index in [0.717, 1.165) is 38.1 Å². The largest absolute Gasteiger partial charge is 0.361 e. The van der Waals surface area contributed by atoms with Gasteiger partial charge in [0.25, 0.3) is 5.91 Å². The first-order valence-corrected chi connectivity index (χ1v) is 9.88. The first-order chi connectivity index (χ1) is 14.3. The molecule has 7 heteroatoms. The van der Waals surface area contributed by atoms with Crippen LogP contribution < -0.4 is 10.6 Å². The number of rotatable bonds is 5. The molecule has 30 heavy (non-hydrogen) atoms. The van der Waals surface area contributed by atoms with Gasteiger partial charge < -0.3 is 15.6 Å². The van der Waals surface area contributed by atoms with Crippen LogP contribution in [0.25, 0.3) is 10.9 Å². The highest BCUT2D eigenvalue weighted by Gasteiger charge is 2.39. The molecule has 0 bridgehead atoms. The Kier molecular flexibility index (Phi) is 5.03. The van der Waals surface area contributed by atoms with Crippen LogP contribution in [0.2, 0.25) is 0 Å². The minimum absolute atomic E-state index is 0.318. The second kappa shape index (κ2) is 7.67. The fraction of sp³-hybridized carbons (Fsp3) is 0.261. The molecule has 4 amide bonds. The second-order valence-electron chi connectivity index (χ2n) is 7.81. The lowest BCUT2D eigenvalue weighted by molar-refractivity contribution is -0.130. The summed E-state index contributed by atoms with van der Waals surface area (Å²) >= 11 is 0. The summed E-state index contributed by atoms with van der Waals surface area (Å²) in [5.74, 6) is -0.793. The predicted octanol–water partition coefficient (Wildman–Crippen LogP) is 3.19. The van der Waals surface area contributed by atoms with E-state index in [0.29, 0.717) is 12.1 Å². The van der Waals surface area contributed by atoms with Crippen LogP contribution in [0.5, 0.6) is 0 Å². The van der Waals surface area contributed by atoms with Gasteiger partial charge >= 0.3 is 6.03 Å². The number of aryl methyl sites for hydroxylation is 3. The lowest BCUT2D eigenvalue weighted by atomic mass is 10.0. The molecule has 7 nitrogen and oxygen atoms in total. The average Bonchev–Trinajstić information content (AvgIpc) is 3.21. The van der Waals surface area contributed by atoms with Crippen molar-refractivity contribution in [3.05, 3.63) is 64.8 Å². The van der Waals surface area contributed by atoms with E-state index >= 15 is 0 Å². The molecule has 1 aliphatic rings. The molecule has 4 rings (SSSR count). The summed E-state index contributed by atoms with van der Waals surface area (Å²) in [6.07, 6.45) is 2.21. The number of imide groups is 1. The number of nitrogens with one attached hydrogen (secondary N) is 3. The van der Waals surface area contributed by atoms with Gasteiger partial charge in [-0.05, 0) is 43.5 Å². The van der Waals surface area contributed by atoms with Gasteiger partial charge in [-0.25, -0.2) is 4.79 Å². The number of urea groups is 1. The van der Waals surface area contributed by atoms with Crippen LogP contribution >= 0.6 is 0 Å².